The summed E-state index contributed by atoms with van der Waals surface area (Å²) in [6.07, 6.45) is 3.32. The molecular formula is C26H23FN4O2. The van der Waals surface area contributed by atoms with Gasteiger partial charge < -0.3 is 10.2 Å². The second-order valence-electron chi connectivity index (χ2n) is 8.44. The monoisotopic (exact) mass is 442 g/mol. The molecule has 166 valence electrons. The number of fused-ring (bicyclic) bond motifs is 1. The summed E-state index contributed by atoms with van der Waals surface area (Å²) >= 11 is 0. The molecule has 7 heteroatoms. The summed E-state index contributed by atoms with van der Waals surface area (Å²) in [6.45, 7) is 4.50. The van der Waals surface area contributed by atoms with Crippen molar-refractivity contribution in [3.05, 3.63) is 95.1 Å². The number of carbonyl (C=O) groups excluding carboxylic acids is 2. The molecule has 0 saturated carbocycles. The van der Waals surface area contributed by atoms with E-state index in [-0.39, 0.29) is 23.3 Å². The van der Waals surface area contributed by atoms with E-state index >= 15 is 0 Å². The van der Waals surface area contributed by atoms with Gasteiger partial charge in [-0.15, -0.1) is 0 Å². The Morgan fingerprint density at radius 1 is 1.21 bits per heavy atom. The van der Waals surface area contributed by atoms with Crippen molar-refractivity contribution in [2.24, 2.45) is 5.92 Å². The molecule has 1 N–H and O–H groups in total. The van der Waals surface area contributed by atoms with Gasteiger partial charge in [0.25, 0.3) is 5.91 Å². The Morgan fingerprint density at radius 3 is 2.70 bits per heavy atom. The van der Waals surface area contributed by atoms with E-state index in [4.69, 9.17) is 5.26 Å². The van der Waals surface area contributed by atoms with Crippen LogP contribution in [0.1, 0.15) is 52.9 Å². The highest BCUT2D eigenvalue weighted by Crippen LogP contribution is 2.43. The number of aromatic nitrogens is 1. The number of benzene rings is 2. The van der Waals surface area contributed by atoms with Crippen molar-refractivity contribution in [3.63, 3.8) is 0 Å². The van der Waals surface area contributed by atoms with Gasteiger partial charge in [0.1, 0.15) is 11.9 Å². The Balaban J connectivity index is 1.83. The Kier molecular flexibility index (Phi) is 6.18. The summed E-state index contributed by atoms with van der Waals surface area (Å²) in [7, 11) is 0. The minimum Gasteiger partial charge on any atom is -0.330 e. The molecule has 6 nitrogen and oxygen atoms in total. The number of hydrogen-bond donors (Lipinski definition) is 1. The minimum atomic E-state index is -0.725. The van der Waals surface area contributed by atoms with E-state index in [1.807, 2.05) is 19.9 Å². The van der Waals surface area contributed by atoms with Crippen molar-refractivity contribution in [1.29, 1.82) is 5.26 Å². The van der Waals surface area contributed by atoms with Crippen LogP contribution in [0.3, 0.4) is 0 Å². The predicted molar refractivity (Wildman–Crippen MR) is 122 cm³/mol. The van der Waals surface area contributed by atoms with Crippen LogP contribution in [-0.4, -0.2) is 28.2 Å². The van der Waals surface area contributed by atoms with Gasteiger partial charge in [0.2, 0.25) is 5.91 Å². The first kappa shape index (κ1) is 22.2. The predicted octanol–water partition coefficient (Wildman–Crippen LogP) is 4.67. The van der Waals surface area contributed by atoms with Crippen molar-refractivity contribution >= 4 is 17.5 Å². The number of carbonyl (C=O) groups is 2. The van der Waals surface area contributed by atoms with Gasteiger partial charge in [-0.05, 0) is 47.4 Å². The van der Waals surface area contributed by atoms with Crippen LogP contribution in [0.2, 0.25) is 0 Å². The molecule has 0 radical (unpaired) electrons. The first-order chi connectivity index (χ1) is 15.9. The van der Waals surface area contributed by atoms with Crippen LogP contribution < -0.4 is 5.32 Å². The Hall–Kier alpha value is -4.05. The maximum absolute atomic E-state index is 13.8. The molecule has 2 atom stereocenters. The van der Waals surface area contributed by atoms with Gasteiger partial charge >= 0.3 is 0 Å². The molecule has 0 saturated heterocycles. The van der Waals surface area contributed by atoms with Crippen LogP contribution in [0.5, 0.6) is 0 Å². The van der Waals surface area contributed by atoms with Gasteiger partial charge in [-0.3, -0.25) is 14.6 Å². The zero-order valence-corrected chi connectivity index (χ0v) is 18.3. The average Bonchev–Trinajstić information content (AvgIpc) is 2.82. The third-order valence-corrected chi connectivity index (χ3v) is 5.66. The van der Waals surface area contributed by atoms with E-state index in [1.165, 1.54) is 12.1 Å². The van der Waals surface area contributed by atoms with E-state index in [9.17, 15) is 14.0 Å². The van der Waals surface area contributed by atoms with Crippen molar-refractivity contribution in [2.45, 2.75) is 25.8 Å². The van der Waals surface area contributed by atoms with Crippen molar-refractivity contribution < 1.29 is 14.0 Å². The SMILES string of the molecule is CC(C)CN1C(=O)c2ccccc2C(C(=O)Nc2ccc(F)c(C#N)c2)C1c1cccnc1. The van der Waals surface area contributed by atoms with E-state index in [0.717, 1.165) is 11.6 Å². The summed E-state index contributed by atoms with van der Waals surface area (Å²) in [6, 6.07) is 15.8. The third-order valence-electron chi connectivity index (χ3n) is 5.66. The summed E-state index contributed by atoms with van der Waals surface area (Å²) in [5.41, 5.74) is 2.01. The van der Waals surface area contributed by atoms with Crippen molar-refractivity contribution in [1.82, 2.24) is 9.88 Å². The van der Waals surface area contributed by atoms with Crippen LogP contribution in [-0.2, 0) is 4.79 Å². The lowest BCUT2D eigenvalue weighted by Gasteiger charge is -2.42. The van der Waals surface area contributed by atoms with Gasteiger partial charge in [-0.25, -0.2) is 4.39 Å². The lowest BCUT2D eigenvalue weighted by molar-refractivity contribution is -0.119. The molecule has 1 aliphatic heterocycles. The van der Waals surface area contributed by atoms with Crippen LogP contribution in [0.4, 0.5) is 10.1 Å². The number of nitriles is 1. The molecule has 0 fully saturated rings. The maximum Gasteiger partial charge on any atom is 0.254 e. The largest absolute Gasteiger partial charge is 0.330 e. The second kappa shape index (κ2) is 9.21. The van der Waals surface area contributed by atoms with Crippen molar-refractivity contribution in [2.75, 3.05) is 11.9 Å². The molecule has 1 aromatic heterocycles. The lowest BCUT2D eigenvalue weighted by Crippen LogP contribution is -2.47. The van der Waals surface area contributed by atoms with E-state index in [2.05, 4.69) is 10.3 Å². The van der Waals surface area contributed by atoms with Crippen LogP contribution in [0.15, 0.2) is 67.0 Å². The molecule has 0 spiro atoms. The van der Waals surface area contributed by atoms with Gasteiger partial charge in [0.15, 0.2) is 0 Å². The first-order valence-corrected chi connectivity index (χ1v) is 10.7. The molecule has 0 bridgehead atoms. The number of amides is 2. The fourth-order valence-corrected chi connectivity index (χ4v) is 4.30. The molecule has 4 rings (SSSR count). The van der Waals surface area contributed by atoms with Gasteiger partial charge in [-0.2, -0.15) is 5.26 Å². The topological polar surface area (TPSA) is 86.1 Å². The fraction of sp³-hybridized carbons (Fsp3) is 0.231. The van der Waals surface area contributed by atoms with Gasteiger partial charge in [0.05, 0.1) is 17.5 Å². The molecule has 3 aromatic rings. The molecule has 2 heterocycles. The number of pyridine rings is 1. The van der Waals surface area contributed by atoms with Crippen LogP contribution in [0, 0.1) is 23.1 Å². The average molecular weight is 442 g/mol. The number of nitrogens with one attached hydrogen (secondary N) is 1. The molecule has 33 heavy (non-hydrogen) atoms. The van der Waals surface area contributed by atoms with E-state index in [0.29, 0.717) is 23.4 Å². The molecule has 2 amide bonds. The van der Waals surface area contributed by atoms with Crippen LogP contribution >= 0.6 is 0 Å². The van der Waals surface area contributed by atoms with Crippen LogP contribution in [0.25, 0.3) is 0 Å². The minimum absolute atomic E-state index is 0.134. The summed E-state index contributed by atoms with van der Waals surface area (Å²) in [5.74, 6) is -1.69. The highest BCUT2D eigenvalue weighted by atomic mass is 19.1. The third kappa shape index (κ3) is 4.33. The second-order valence-corrected chi connectivity index (χ2v) is 8.44. The number of hydrogen-bond acceptors (Lipinski definition) is 4. The highest BCUT2D eigenvalue weighted by molar-refractivity contribution is 6.04. The quantitative estimate of drug-likeness (QED) is 0.622. The highest BCUT2D eigenvalue weighted by Gasteiger charge is 2.44. The Morgan fingerprint density at radius 2 is 2.00 bits per heavy atom. The zero-order chi connectivity index (χ0) is 23.5. The number of rotatable bonds is 5. The smallest absolute Gasteiger partial charge is 0.254 e. The number of halogens is 1. The standard InChI is InChI=1S/C26H23FN4O2/c1-16(2)15-31-24(17-6-5-11-29-14-17)23(20-7-3-4-8-21(20)26(31)33)25(32)30-19-9-10-22(27)18(12-19)13-28/h3-12,14,16,23-24H,15H2,1-2H3,(H,30,32). The van der Waals surface area contributed by atoms with Gasteiger partial charge in [0, 0.05) is 30.2 Å². The first-order valence-electron chi connectivity index (χ1n) is 10.7. The number of nitrogens with zero attached hydrogens (tertiary/aromatic N) is 3. The summed E-state index contributed by atoms with van der Waals surface area (Å²) < 4.78 is 13.8. The molecule has 2 aromatic carbocycles. The maximum atomic E-state index is 13.8. The summed E-state index contributed by atoms with van der Waals surface area (Å²) in [4.78, 5) is 33.1. The number of anilines is 1. The fourth-order valence-electron chi connectivity index (χ4n) is 4.30. The van der Waals surface area contributed by atoms with E-state index < -0.39 is 17.8 Å². The van der Waals surface area contributed by atoms with Gasteiger partial charge in [-0.1, -0.05) is 38.1 Å². The summed E-state index contributed by atoms with van der Waals surface area (Å²) in [5, 5.41) is 12.0. The molecule has 0 aliphatic carbocycles. The molecule has 1 aliphatic rings. The normalized spacial score (nSPS) is 17.4. The molecule has 2 unspecified atom stereocenters. The van der Waals surface area contributed by atoms with Crippen molar-refractivity contribution in [3.8, 4) is 6.07 Å². The Bertz CT molecular complexity index is 1240. The Labute approximate surface area is 191 Å². The van der Waals surface area contributed by atoms with E-state index in [1.54, 1.807) is 53.7 Å². The zero-order valence-electron chi connectivity index (χ0n) is 18.3. The molecular weight excluding hydrogens is 419 g/mol. The lowest BCUT2D eigenvalue weighted by atomic mass is 9.79.